The zero-order valence-corrected chi connectivity index (χ0v) is 12.0. The van der Waals surface area contributed by atoms with Gasteiger partial charge in [0, 0.05) is 0 Å². The maximum absolute atomic E-state index is 13.0. The average Bonchev–Trinajstić information content (AvgIpc) is 3.30. The molecule has 2 saturated carbocycles. The molecule has 0 radical (unpaired) electrons. The van der Waals surface area contributed by atoms with Crippen LogP contribution in [0.3, 0.4) is 0 Å². The van der Waals surface area contributed by atoms with Gasteiger partial charge in [-0.2, -0.15) is 0 Å². The number of nitrogens with zero attached hydrogens (tertiary/aromatic N) is 1. The highest BCUT2D eigenvalue weighted by Crippen LogP contribution is 2.65. The van der Waals surface area contributed by atoms with Gasteiger partial charge in [-0.05, 0) is 47.8 Å². The molecule has 1 aromatic rings. The molecule has 1 aliphatic heterocycles. The van der Waals surface area contributed by atoms with Gasteiger partial charge in [-0.25, -0.2) is 4.39 Å². The number of carbonyl (C=O) groups is 2. The highest BCUT2D eigenvalue weighted by molar-refractivity contribution is 6.06. The Labute approximate surface area is 127 Å². The molecule has 6 unspecified atom stereocenters. The number of imide groups is 1. The van der Waals surface area contributed by atoms with Crippen molar-refractivity contribution in [1.82, 2.24) is 4.90 Å². The fourth-order valence-electron chi connectivity index (χ4n) is 4.95. The van der Waals surface area contributed by atoms with Gasteiger partial charge in [-0.3, -0.25) is 14.5 Å². The van der Waals surface area contributed by atoms with Crippen molar-refractivity contribution in [2.45, 2.75) is 13.0 Å². The maximum atomic E-state index is 13.0. The number of amides is 2. The second-order valence-electron chi connectivity index (χ2n) is 7.04. The monoisotopic (exact) mass is 297 g/mol. The van der Waals surface area contributed by atoms with E-state index in [0.717, 1.165) is 5.56 Å². The zero-order chi connectivity index (χ0) is 15.0. The minimum absolute atomic E-state index is 0.0241. The van der Waals surface area contributed by atoms with Crippen molar-refractivity contribution in [3.8, 4) is 0 Å². The molecule has 5 aliphatic rings. The number of allylic oxidation sites excluding steroid dienone is 2. The number of likely N-dealkylation sites (tertiary alicyclic amines) is 1. The highest BCUT2D eigenvalue weighted by Gasteiger charge is 2.66. The molecular weight excluding hydrogens is 281 g/mol. The van der Waals surface area contributed by atoms with Crippen LogP contribution in [0.1, 0.15) is 12.0 Å². The van der Waals surface area contributed by atoms with Gasteiger partial charge in [0.2, 0.25) is 11.8 Å². The summed E-state index contributed by atoms with van der Waals surface area (Å²) in [6.45, 7) is 0.264. The molecule has 1 heterocycles. The van der Waals surface area contributed by atoms with E-state index in [1.54, 1.807) is 12.1 Å². The van der Waals surface area contributed by atoms with E-state index in [2.05, 4.69) is 12.2 Å². The summed E-state index contributed by atoms with van der Waals surface area (Å²) >= 11 is 0. The highest BCUT2D eigenvalue weighted by atomic mass is 19.1. The van der Waals surface area contributed by atoms with Crippen molar-refractivity contribution >= 4 is 11.8 Å². The SMILES string of the molecule is O=C1C2C3C=CC(C4CC34)C2C(=O)N1Cc1ccc(F)cc1. The Balaban J connectivity index is 1.46. The molecule has 1 aromatic carbocycles. The molecule has 0 N–H and O–H groups in total. The number of halogens is 1. The minimum Gasteiger partial charge on any atom is -0.278 e. The summed E-state index contributed by atoms with van der Waals surface area (Å²) in [5.41, 5.74) is 0.798. The Morgan fingerprint density at radius 1 is 0.955 bits per heavy atom. The van der Waals surface area contributed by atoms with E-state index < -0.39 is 0 Å². The van der Waals surface area contributed by atoms with Crippen LogP contribution >= 0.6 is 0 Å². The smallest absolute Gasteiger partial charge is 0.234 e. The molecule has 4 aliphatic carbocycles. The van der Waals surface area contributed by atoms with E-state index in [4.69, 9.17) is 0 Å². The first kappa shape index (κ1) is 12.6. The van der Waals surface area contributed by atoms with E-state index in [1.807, 2.05) is 0 Å². The lowest BCUT2D eigenvalue weighted by atomic mass is 9.63. The summed E-state index contributed by atoms with van der Waals surface area (Å²) < 4.78 is 13.0. The Morgan fingerprint density at radius 3 is 2.05 bits per heavy atom. The zero-order valence-electron chi connectivity index (χ0n) is 12.0. The Morgan fingerprint density at radius 2 is 1.50 bits per heavy atom. The molecule has 3 fully saturated rings. The third kappa shape index (κ3) is 1.50. The number of hydrogen-bond donors (Lipinski definition) is 0. The summed E-state index contributed by atoms with van der Waals surface area (Å²) in [7, 11) is 0. The molecule has 0 spiro atoms. The number of carbonyl (C=O) groups excluding carboxylic acids is 2. The van der Waals surface area contributed by atoms with E-state index in [0.29, 0.717) is 11.8 Å². The molecule has 112 valence electrons. The summed E-state index contributed by atoms with van der Waals surface area (Å²) in [6, 6.07) is 6.02. The van der Waals surface area contributed by atoms with Crippen molar-refractivity contribution in [3.05, 3.63) is 47.8 Å². The van der Waals surface area contributed by atoms with Crippen LogP contribution in [-0.2, 0) is 16.1 Å². The van der Waals surface area contributed by atoms with Gasteiger partial charge in [-0.1, -0.05) is 24.3 Å². The predicted molar refractivity (Wildman–Crippen MR) is 76.7 cm³/mol. The lowest BCUT2D eigenvalue weighted by Gasteiger charge is -2.37. The molecule has 2 amide bonds. The number of rotatable bonds is 2. The standard InChI is InChI=1S/C18H16FNO2/c19-10-3-1-9(2-4-10)8-20-17(21)15-11-5-6-12(14-7-13(11)14)16(15)18(20)22/h1-6,11-16H,7-8H2. The van der Waals surface area contributed by atoms with Crippen LogP contribution in [0.2, 0.25) is 0 Å². The molecule has 4 heteroatoms. The van der Waals surface area contributed by atoms with Gasteiger partial charge in [0.15, 0.2) is 0 Å². The third-order valence-electron chi connectivity index (χ3n) is 6.01. The molecule has 6 rings (SSSR count). The van der Waals surface area contributed by atoms with Crippen molar-refractivity contribution in [2.24, 2.45) is 35.5 Å². The average molecular weight is 297 g/mol. The Hall–Kier alpha value is -1.97. The topological polar surface area (TPSA) is 37.4 Å². The number of hydrogen-bond acceptors (Lipinski definition) is 2. The van der Waals surface area contributed by atoms with Gasteiger partial charge in [0.05, 0.1) is 18.4 Å². The van der Waals surface area contributed by atoms with Crippen LogP contribution in [0.5, 0.6) is 0 Å². The maximum Gasteiger partial charge on any atom is 0.234 e. The van der Waals surface area contributed by atoms with Gasteiger partial charge in [0.25, 0.3) is 0 Å². The van der Waals surface area contributed by atoms with Crippen LogP contribution in [0.25, 0.3) is 0 Å². The summed E-state index contributed by atoms with van der Waals surface area (Å²) in [5, 5.41) is 0. The fraction of sp³-hybridized carbons (Fsp3) is 0.444. The first-order valence-electron chi connectivity index (χ1n) is 7.93. The first-order chi connectivity index (χ1) is 10.6. The molecule has 3 nitrogen and oxygen atoms in total. The molecule has 2 bridgehead atoms. The van der Waals surface area contributed by atoms with Gasteiger partial charge >= 0.3 is 0 Å². The molecule has 1 saturated heterocycles. The van der Waals surface area contributed by atoms with Crippen LogP contribution in [0.15, 0.2) is 36.4 Å². The first-order valence-corrected chi connectivity index (χ1v) is 7.93. The quantitative estimate of drug-likeness (QED) is 0.621. The van der Waals surface area contributed by atoms with E-state index in [-0.39, 0.29) is 47.8 Å². The van der Waals surface area contributed by atoms with Crippen molar-refractivity contribution < 1.29 is 14.0 Å². The van der Waals surface area contributed by atoms with Crippen molar-refractivity contribution in [2.75, 3.05) is 0 Å². The second-order valence-corrected chi connectivity index (χ2v) is 7.04. The largest absolute Gasteiger partial charge is 0.278 e. The second kappa shape index (κ2) is 4.06. The normalized spacial score (nSPS) is 40.9. The number of benzene rings is 1. The van der Waals surface area contributed by atoms with Crippen LogP contribution in [-0.4, -0.2) is 16.7 Å². The molecular formula is C18H16FNO2. The third-order valence-corrected chi connectivity index (χ3v) is 6.01. The minimum atomic E-state index is -0.307. The van der Waals surface area contributed by atoms with E-state index >= 15 is 0 Å². The van der Waals surface area contributed by atoms with Gasteiger partial charge in [-0.15, -0.1) is 0 Å². The molecule has 6 atom stereocenters. The predicted octanol–water partition coefficient (Wildman–Crippen LogP) is 2.38. The Bertz CT molecular complexity index is 674. The van der Waals surface area contributed by atoms with E-state index in [1.165, 1.54) is 23.5 Å². The van der Waals surface area contributed by atoms with Crippen LogP contribution in [0, 0.1) is 41.3 Å². The molecule has 0 aromatic heterocycles. The lowest BCUT2D eigenvalue weighted by Crippen LogP contribution is -2.40. The summed E-state index contributed by atoms with van der Waals surface area (Å²) in [6.07, 6.45) is 5.52. The van der Waals surface area contributed by atoms with Crippen LogP contribution in [0.4, 0.5) is 4.39 Å². The summed E-state index contributed by atoms with van der Waals surface area (Å²) in [4.78, 5) is 26.9. The summed E-state index contributed by atoms with van der Waals surface area (Å²) in [5.74, 6) is 1.12. The van der Waals surface area contributed by atoms with Crippen molar-refractivity contribution in [1.29, 1.82) is 0 Å². The molecule has 22 heavy (non-hydrogen) atoms. The van der Waals surface area contributed by atoms with Crippen LogP contribution < -0.4 is 0 Å². The van der Waals surface area contributed by atoms with Crippen molar-refractivity contribution in [3.63, 3.8) is 0 Å². The van der Waals surface area contributed by atoms with Gasteiger partial charge < -0.3 is 0 Å². The lowest BCUT2D eigenvalue weighted by molar-refractivity contribution is -0.140. The Kier molecular flexibility index (Phi) is 2.32. The fourth-order valence-corrected chi connectivity index (χ4v) is 4.95. The van der Waals surface area contributed by atoms with Gasteiger partial charge in [0.1, 0.15) is 5.82 Å². The van der Waals surface area contributed by atoms with E-state index in [9.17, 15) is 14.0 Å².